The van der Waals surface area contributed by atoms with Crippen LogP contribution in [0, 0.1) is 0 Å². The van der Waals surface area contributed by atoms with Gasteiger partial charge in [0.05, 0.1) is 25.5 Å². The summed E-state index contributed by atoms with van der Waals surface area (Å²) in [6.45, 7) is 2.75. The number of hydrogen-bond acceptors (Lipinski definition) is 7. The number of carbonyl (C=O) groups excluding carboxylic acids is 2. The van der Waals surface area contributed by atoms with Crippen molar-refractivity contribution >= 4 is 23.5 Å². The summed E-state index contributed by atoms with van der Waals surface area (Å²) in [5, 5.41) is 9.33. The third-order valence-electron chi connectivity index (χ3n) is 4.74. The van der Waals surface area contributed by atoms with Gasteiger partial charge in [-0.1, -0.05) is 36.0 Å². The Kier molecular flexibility index (Phi) is 7.83. The Labute approximate surface area is 185 Å². The van der Waals surface area contributed by atoms with E-state index in [1.807, 2.05) is 41.8 Å². The van der Waals surface area contributed by atoms with Crippen LogP contribution in [0.4, 0.5) is 0 Å². The molecule has 1 aromatic heterocycles. The maximum Gasteiger partial charge on any atom is 0.337 e. The van der Waals surface area contributed by atoms with Crippen LogP contribution in [0.1, 0.15) is 34.2 Å². The Hall–Kier alpha value is -3.13. The third kappa shape index (κ3) is 5.95. The number of ketones is 1. The van der Waals surface area contributed by atoms with Crippen molar-refractivity contribution in [2.75, 3.05) is 20.0 Å². The van der Waals surface area contributed by atoms with Gasteiger partial charge in [0.1, 0.15) is 17.4 Å². The molecule has 0 saturated carbocycles. The van der Waals surface area contributed by atoms with Gasteiger partial charge in [-0.15, -0.1) is 10.2 Å². The molecule has 1 heterocycles. The lowest BCUT2D eigenvalue weighted by Crippen LogP contribution is -2.09. The van der Waals surface area contributed by atoms with Crippen LogP contribution in [0.2, 0.25) is 0 Å². The van der Waals surface area contributed by atoms with Crippen LogP contribution >= 0.6 is 11.8 Å². The predicted molar refractivity (Wildman–Crippen MR) is 119 cm³/mol. The molecular formula is C23H25N3O4S. The van der Waals surface area contributed by atoms with Gasteiger partial charge in [0, 0.05) is 19.4 Å². The first-order valence-corrected chi connectivity index (χ1v) is 10.9. The predicted octanol–water partition coefficient (Wildman–Crippen LogP) is 3.59. The van der Waals surface area contributed by atoms with Crippen LogP contribution in [0.3, 0.4) is 0 Å². The van der Waals surface area contributed by atoms with E-state index in [4.69, 9.17) is 9.47 Å². The summed E-state index contributed by atoms with van der Waals surface area (Å²) >= 11 is 1.38. The zero-order chi connectivity index (χ0) is 22.2. The number of Topliss-reactive ketones (excluding diaryl/α,β-unsaturated/α-hetero) is 1. The van der Waals surface area contributed by atoms with Crippen LogP contribution in [-0.2, 0) is 28.9 Å². The SMILES string of the molecule is CCn1c(Cc2ccc(OC)cc2)nnc1SCC(=O)Cc1cccc(C(=O)OC)c1. The first-order chi connectivity index (χ1) is 15.0. The van der Waals surface area contributed by atoms with Gasteiger partial charge in [-0.05, 0) is 42.3 Å². The average molecular weight is 440 g/mol. The number of esters is 1. The maximum absolute atomic E-state index is 12.5. The number of thioether (sulfide) groups is 1. The van der Waals surface area contributed by atoms with Gasteiger partial charge in [0.25, 0.3) is 0 Å². The van der Waals surface area contributed by atoms with Crippen LogP contribution in [0.25, 0.3) is 0 Å². The van der Waals surface area contributed by atoms with E-state index < -0.39 is 5.97 Å². The highest BCUT2D eigenvalue weighted by molar-refractivity contribution is 7.99. The molecular weight excluding hydrogens is 414 g/mol. The molecule has 0 N–H and O–H groups in total. The van der Waals surface area contributed by atoms with Crippen LogP contribution in [-0.4, -0.2) is 46.5 Å². The van der Waals surface area contributed by atoms with Crippen molar-refractivity contribution in [3.05, 3.63) is 71.0 Å². The van der Waals surface area contributed by atoms with E-state index in [1.165, 1.54) is 18.9 Å². The van der Waals surface area contributed by atoms with Gasteiger partial charge in [0.2, 0.25) is 0 Å². The quantitative estimate of drug-likeness (QED) is 0.353. The number of methoxy groups -OCH3 is 2. The second kappa shape index (κ2) is 10.8. The smallest absolute Gasteiger partial charge is 0.337 e. The van der Waals surface area contributed by atoms with Crippen molar-refractivity contribution in [3.8, 4) is 5.75 Å². The third-order valence-corrected chi connectivity index (χ3v) is 5.77. The fourth-order valence-electron chi connectivity index (χ4n) is 3.15. The fourth-order valence-corrected chi connectivity index (χ4v) is 4.03. The maximum atomic E-state index is 12.5. The summed E-state index contributed by atoms with van der Waals surface area (Å²) in [6.07, 6.45) is 0.899. The lowest BCUT2D eigenvalue weighted by molar-refractivity contribution is -0.116. The number of aromatic nitrogens is 3. The highest BCUT2D eigenvalue weighted by Crippen LogP contribution is 2.20. The summed E-state index contributed by atoms with van der Waals surface area (Å²) in [5.74, 6) is 1.59. The van der Waals surface area contributed by atoms with Crippen molar-refractivity contribution in [2.45, 2.75) is 31.5 Å². The second-order valence-electron chi connectivity index (χ2n) is 6.86. The topological polar surface area (TPSA) is 83.3 Å². The molecule has 8 heteroatoms. The monoisotopic (exact) mass is 439 g/mol. The van der Waals surface area contributed by atoms with E-state index in [1.54, 1.807) is 25.3 Å². The van der Waals surface area contributed by atoms with E-state index in [9.17, 15) is 9.59 Å². The summed E-state index contributed by atoms with van der Waals surface area (Å²) in [7, 11) is 2.98. The Morgan fingerprint density at radius 1 is 1.03 bits per heavy atom. The number of nitrogens with zero attached hydrogens (tertiary/aromatic N) is 3. The van der Waals surface area contributed by atoms with E-state index in [-0.39, 0.29) is 18.0 Å². The molecule has 0 bridgehead atoms. The molecule has 0 aliphatic rings. The summed E-state index contributed by atoms with van der Waals surface area (Å²) < 4.78 is 12.0. The number of hydrogen-bond donors (Lipinski definition) is 0. The van der Waals surface area contributed by atoms with E-state index in [0.29, 0.717) is 12.0 Å². The summed E-state index contributed by atoms with van der Waals surface area (Å²) in [5.41, 5.74) is 2.33. The zero-order valence-electron chi connectivity index (χ0n) is 17.8. The highest BCUT2D eigenvalue weighted by atomic mass is 32.2. The molecule has 162 valence electrons. The van der Waals surface area contributed by atoms with Gasteiger partial charge in [-0.2, -0.15) is 0 Å². The fraction of sp³-hybridized carbons (Fsp3) is 0.304. The van der Waals surface area contributed by atoms with Gasteiger partial charge in [-0.25, -0.2) is 4.79 Å². The van der Waals surface area contributed by atoms with Gasteiger partial charge < -0.3 is 14.0 Å². The number of carbonyl (C=O) groups is 2. The van der Waals surface area contributed by atoms with Crippen molar-refractivity contribution in [3.63, 3.8) is 0 Å². The van der Waals surface area contributed by atoms with Crippen LogP contribution < -0.4 is 4.74 Å². The number of benzene rings is 2. The van der Waals surface area contributed by atoms with E-state index in [2.05, 4.69) is 10.2 Å². The molecule has 0 fully saturated rings. The normalized spacial score (nSPS) is 10.7. The lowest BCUT2D eigenvalue weighted by atomic mass is 10.1. The zero-order valence-corrected chi connectivity index (χ0v) is 18.6. The molecule has 31 heavy (non-hydrogen) atoms. The lowest BCUT2D eigenvalue weighted by Gasteiger charge is -2.08. The van der Waals surface area contributed by atoms with Crippen molar-refractivity contribution in [1.29, 1.82) is 0 Å². The second-order valence-corrected chi connectivity index (χ2v) is 7.81. The molecule has 3 aromatic rings. The first kappa shape index (κ1) is 22.6. The molecule has 0 aliphatic carbocycles. The van der Waals surface area contributed by atoms with Crippen LogP contribution in [0.15, 0.2) is 53.7 Å². The Morgan fingerprint density at radius 3 is 2.48 bits per heavy atom. The van der Waals surface area contributed by atoms with Crippen LogP contribution in [0.5, 0.6) is 5.75 Å². The minimum atomic E-state index is -0.413. The minimum Gasteiger partial charge on any atom is -0.497 e. The summed E-state index contributed by atoms with van der Waals surface area (Å²) in [6, 6.07) is 14.8. The highest BCUT2D eigenvalue weighted by Gasteiger charge is 2.15. The van der Waals surface area contributed by atoms with Gasteiger partial charge >= 0.3 is 5.97 Å². The van der Waals surface area contributed by atoms with Crippen molar-refractivity contribution in [1.82, 2.24) is 14.8 Å². The van der Waals surface area contributed by atoms with Gasteiger partial charge in [-0.3, -0.25) is 4.79 Å². The van der Waals surface area contributed by atoms with E-state index >= 15 is 0 Å². The Bertz CT molecular complexity index is 1050. The largest absolute Gasteiger partial charge is 0.497 e. The van der Waals surface area contributed by atoms with E-state index in [0.717, 1.165) is 34.4 Å². The molecule has 0 aliphatic heterocycles. The standard InChI is InChI=1S/C23H25N3O4S/c1-4-26-21(14-16-8-10-20(29-2)11-9-16)24-25-23(26)31-15-19(27)13-17-6-5-7-18(12-17)22(28)30-3/h5-12H,4,13-15H2,1-3H3. The Balaban J connectivity index is 1.61. The molecule has 3 rings (SSSR count). The Morgan fingerprint density at radius 2 is 1.81 bits per heavy atom. The number of rotatable bonds is 10. The molecule has 0 unspecified atom stereocenters. The molecule has 0 radical (unpaired) electrons. The average Bonchev–Trinajstić information content (AvgIpc) is 3.19. The first-order valence-electron chi connectivity index (χ1n) is 9.90. The summed E-state index contributed by atoms with van der Waals surface area (Å²) in [4.78, 5) is 24.2. The molecule has 7 nitrogen and oxygen atoms in total. The molecule has 2 aromatic carbocycles. The molecule has 0 amide bonds. The molecule has 0 atom stereocenters. The van der Waals surface area contributed by atoms with Gasteiger partial charge in [0.15, 0.2) is 5.16 Å². The molecule has 0 saturated heterocycles. The minimum absolute atomic E-state index is 0.0503. The van der Waals surface area contributed by atoms with Crippen molar-refractivity contribution < 1.29 is 19.1 Å². The number of ether oxygens (including phenoxy) is 2. The van der Waals surface area contributed by atoms with Crippen molar-refractivity contribution in [2.24, 2.45) is 0 Å². The molecule has 0 spiro atoms.